The molecular weight excluding hydrogens is 150 g/mol. The first-order valence-electron chi connectivity index (χ1n) is 5.24. The van der Waals surface area contributed by atoms with Crippen LogP contribution in [0.4, 0.5) is 0 Å². The zero-order chi connectivity index (χ0) is 8.39. The van der Waals surface area contributed by atoms with Gasteiger partial charge in [-0.3, -0.25) is 0 Å². The minimum atomic E-state index is 0.601. The Kier molecular flexibility index (Phi) is 2.66. The fourth-order valence-electron chi connectivity index (χ4n) is 2.15. The maximum Gasteiger partial charge on any atom is 0.0644 e. The first-order chi connectivity index (χ1) is 5.92. The van der Waals surface area contributed by atoms with E-state index >= 15 is 0 Å². The van der Waals surface area contributed by atoms with Gasteiger partial charge in [0, 0.05) is 19.1 Å². The molecule has 1 aliphatic heterocycles. The lowest BCUT2D eigenvalue weighted by atomic mass is 9.98. The second-order valence-electron chi connectivity index (χ2n) is 4.03. The Morgan fingerprint density at radius 2 is 2.17 bits per heavy atom. The molecule has 0 aromatic carbocycles. The van der Waals surface area contributed by atoms with E-state index in [1.807, 2.05) is 0 Å². The number of hydrogen-bond acceptors (Lipinski definition) is 2. The quantitative estimate of drug-likeness (QED) is 0.687. The lowest BCUT2D eigenvalue weighted by Gasteiger charge is -2.17. The molecule has 2 atom stereocenters. The number of ether oxygens (including phenoxy) is 1. The third-order valence-corrected chi connectivity index (χ3v) is 3.01. The smallest absolute Gasteiger partial charge is 0.0644 e. The highest BCUT2D eigenvalue weighted by Crippen LogP contribution is 2.41. The van der Waals surface area contributed by atoms with E-state index in [1.54, 1.807) is 0 Å². The predicted molar refractivity (Wildman–Crippen MR) is 49.1 cm³/mol. The predicted octanol–water partition coefficient (Wildman–Crippen LogP) is 1.41. The summed E-state index contributed by atoms with van der Waals surface area (Å²) in [4.78, 5) is 0. The molecule has 0 radical (unpaired) electrons. The molecule has 1 N–H and O–H groups in total. The molecule has 2 fully saturated rings. The topological polar surface area (TPSA) is 21.3 Å². The Labute approximate surface area is 74.7 Å². The van der Waals surface area contributed by atoms with Crippen molar-refractivity contribution in [3.8, 4) is 0 Å². The van der Waals surface area contributed by atoms with Gasteiger partial charge in [-0.15, -0.1) is 0 Å². The van der Waals surface area contributed by atoms with Gasteiger partial charge in [0.15, 0.2) is 0 Å². The van der Waals surface area contributed by atoms with Crippen LogP contribution in [0.15, 0.2) is 0 Å². The molecule has 12 heavy (non-hydrogen) atoms. The van der Waals surface area contributed by atoms with Crippen LogP contribution < -0.4 is 5.32 Å². The highest BCUT2D eigenvalue weighted by atomic mass is 16.5. The Hall–Kier alpha value is -0.0800. The Morgan fingerprint density at radius 1 is 1.33 bits per heavy atom. The summed E-state index contributed by atoms with van der Waals surface area (Å²) in [6.45, 7) is 5.42. The molecule has 0 aromatic heterocycles. The minimum Gasteiger partial charge on any atom is -0.378 e. The van der Waals surface area contributed by atoms with E-state index in [-0.39, 0.29) is 0 Å². The molecule has 0 amide bonds. The molecule has 2 rings (SSSR count). The van der Waals surface area contributed by atoms with E-state index in [0.717, 1.165) is 31.5 Å². The Bertz CT molecular complexity index is 145. The van der Waals surface area contributed by atoms with Crippen LogP contribution in [-0.4, -0.2) is 25.8 Å². The summed E-state index contributed by atoms with van der Waals surface area (Å²) >= 11 is 0. The van der Waals surface area contributed by atoms with Crippen LogP contribution in [0.3, 0.4) is 0 Å². The first-order valence-corrected chi connectivity index (χ1v) is 5.24. The number of rotatable bonds is 4. The van der Waals surface area contributed by atoms with Crippen molar-refractivity contribution < 1.29 is 4.74 Å². The van der Waals surface area contributed by atoms with Crippen LogP contribution in [0.25, 0.3) is 0 Å². The van der Waals surface area contributed by atoms with E-state index < -0.39 is 0 Å². The second kappa shape index (κ2) is 3.75. The molecule has 70 valence electrons. The highest BCUT2D eigenvalue weighted by Gasteiger charge is 2.39. The minimum absolute atomic E-state index is 0.601. The average Bonchev–Trinajstić information content (AvgIpc) is 2.83. The largest absolute Gasteiger partial charge is 0.378 e. The van der Waals surface area contributed by atoms with Crippen LogP contribution in [0.2, 0.25) is 0 Å². The van der Waals surface area contributed by atoms with Crippen molar-refractivity contribution in [2.45, 2.75) is 32.3 Å². The third-order valence-electron chi connectivity index (χ3n) is 3.01. The summed E-state index contributed by atoms with van der Waals surface area (Å²) in [6, 6.07) is 0. The average molecular weight is 169 g/mol. The summed E-state index contributed by atoms with van der Waals surface area (Å²) in [5, 5.41) is 3.42. The van der Waals surface area contributed by atoms with E-state index in [1.165, 1.54) is 19.3 Å². The zero-order valence-corrected chi connectivity index (χ0v) is 7.88. The summed E-state index contributed by atoms with van der Waals surface area (Å²) in [7, 11) is 0. The van der Waals surface area contributed by atoms with E-state index in [0.29, 0.717) is 6.10 Å². The normalized spacial score (nSPS) is 35.8. The maximum atomic E-state index is 5.75. The van der Waals surface area contributed by atoms with Gasteiger partial charge in [0.1, 0.15) is 0 Å². The molecule has 2 heteroatoms. The summed E-state index contributed by atoms with van der Waals surface area (Å²) < 4.78 is 5.75. The van der Waals surface area contributed by atoms with Crippen molar-refractivity contribution in [2.24, 2.45) is 11.8 Å². The van der Waals surface area contributed by atoms with Crippen molar-refractivity contribution in [1.82, 2.24) is 5.32 Å². The molecule has 1 saturated heterocycles. The molecule has 2 nitrogen and oxygen atoms in total. The van der Waals surface area contributed by atoms with Crippen LogP contribution in [0, 0.1) is 11.8 Å². The zero-order valence-electron chi connectivity index (χ0n) is 7.88. The summed E-state index contributed by atoms with van der Waals surface area (Å²) in [5.74, 6) is 1.72. The molecule has 0 aromatic rings. The van der Waals surface area contributed by atoms with Gasteiger partial charge >= 0.3 is 0 Å². The SMILES string of the molecule is CCNCC1CCOC1C1CC1. The number of hydrogen-bond donors (Lipinski definition) is 1. The van der Waals surface area contributed by atoms with Crippen LogP contribution in [0.5, 0.6) is 0 Å². The molecule has 1 aliphatic carbocycles. The standard InChI is InChI=1S/C10H19NO/c1-2-11-7-9-5-6-12-10(9)8-3-4-8/h8-11H,2-7H2,1H3. The van der Waals surface area contributed by atoms with E-state index in [2.05, 4.69) is 12.2 Å². The summed E-state index contributed by atoms with van der Waals surface area (Å²) in [5.41, 5.74) is 0. The van der Waals surface area contributed by atoms with E-state index in [4.69, 9.17) is 4.74 Å². The van der Waals surface area contributed by atoms with Gasteiger partial charge in [-0.1, -0.05) is 6.92 Å². The van der Waals surface area contributed by atoms with Crippen LogP contribution in [0.1, 0.15) is 26.2 Å². The fraction of sp³-hybridized carbons (Fsp3) is 1.00. The third kappa shape index (κ3) is 1.80. The fourth-order valence-corrected chi connectivity index (χ4v) is 2.15. The van der Waals surface area contributed by atoms with Gasteiger partial charge < -0.3 is 10.1 Å². The summed E-state index contributed by atoms with van der Waals surface area (Å²) in [6.07, 6.45) is 4.69. The molecule has 0 bridgehead atoms. The maximum absolute atomic E-state index is 5.75. The molecule has 2 unspecified atom stereocenters. The van der Waals surface area contributed by atoms with Crippen molar-refractivity contribution in [3.63, 3.8) is 0 Å². The van der Waals surface area contributed by atoms with Crippen molar-refractivity contribution in [2.75, 3.05) is 19.7 Å². The highest BCUT2D eigenvalue weighted by molar-refractivity contribution is 4.90. The van der Waals surface area contributed by atoms with Gasteiger partial charge in [-0.05, 0) is 31.7 Å². The monoisotopic (exact) mass is 169 g/mol. The van der Waals surface area contributed by atoms with Crippen molar-refractivity contribution in [1.29, 1.82) is 0 Å². The van der Waals surface area contributed by atoms with Crippen LogP contribution >= 0.6 is 0 Å². The van der Waals surface area contributed by atoms with Gasteiger partial charge in [0.25, 0.3) is 0 Å². The van der Waals surface area contributed by atoms with Gasteiger partial charge in [-0.2, -0.15) is 0 Å². The molecule has 0 spiro atoms. The second-order valence-corrected chi connectivity index (χ2v) is 4.03. The van der Waals surface area contributed by atoms with Gasteiger partial charge in [0.05, 0.1) is 6.10 Å². The molecule has 1 saturated carbocycles. The van der Waals surface area contributed by atoms with Crippen molar-refractivity contribution in [3.05, 3.63) is 0 Å². The van der Waals surface area contributed by atoms with Gasteiger partial charge in [-0.25, -0.2) is 0 Å². The van der Waals surface area contributed by atoms with Crippen molar-refractivity contribution >= 4 is 0 Å². The van der Waals surface area contributed by atoms with Crippen LogP contribution in [-0.2, 0) is 4.74 Å². The first kappa shape index (κ1) is 8.52. The molecule has 2 aliphatic rings. The van der Waals surface area contributed by atoms with Gasteiger partial charge in [0.2, 0.25) is 0 Å². The molecular formula is C10H19NO. The Balaban J connectivity index is 1.78. The lowest BCUT2D eigenvalue weighted by molar-refractivity contribution is 0.0728. The Morgan fingerprint density at radius 3 is 2.83 bits per heavy atom. The lowest BCUT2D eigenvalue weighted by Crippen LogP contribution is -2.29. The van der Waals surface area contributed by atoms with E-state index in [9.17, 15) is 0 Å². The number of nitrogens with one attached hydrogen (secondary N) is 1. The molecule has 1 heterocycles.